The molecule has 0 bridgehead atoms. The van der Waals surface area contributed by atoms with Gasteiger partial charge in [0.1, 0.15) is 12.4 Å². The van der Waals surface area contributed by atoms with Gasteiger partial charge in [0.15, 0.2) is 0 Å². The van der Waals surface area contributed by atoms with E-state index in [2.05, 4.69) is 21.0 Å². The number of benzene rings is 1. The molecule has 0 amide bonds. The van der Waals surface area contributed by atoms with Gasteiger partial charge in [-0.1, -0.05) is 27.5 Å². The first kappa shape index (κ1) is 15.4. The lowest BCUT2D eigenvalue weighted by Crippen LogP contribution is -2.07. The average molecular weight is 359 g/mol. The molecule has 0 unspecified atom stereocenters. The van der Waals surface area contributed by atoms with Crippen LogP contribution < -0.4 is 10.5 Å². The summed E-state index contributed by atoms with van der Waals surface area (Å²) in [5.74, 6) is 0.770. The maximum absolute atomic E-state index is 6.25. The normalized spacial score (nSPS) is 10.8. The van der Waals surface area contributed by atoms with Gasteiger partial charge in [0.05, 0.1) is 16.4 Å². The molecule has 108 valence electrons. The van der Waals surface area contributed by atoms with E-state index < -0.39 is 0 Å². The number of rotatable bonds is 5. The largest absolute Gasteiger partial charge is 0.487 e. The number of hydrogen-bond donors (Lipinski definition) is 1. The van der Waals surface area contributed by atoms with E-state index in [9.17, 15) is 0 Å². The van der Waals surface area contributed by atoms with Gasteiger partial charge >= 0.3 is 0 Å². The second kappa shape index (κ2) is 6.61. The van der Waals surface area contributed by atoms with E-state index in [1.807, 2.05) is 36.7 Å². The third-order valence-electron chi connectivity index (χ3n) is 3.07. The summed E-state index contributed by atoms with van der Waals surface area (Å²) in [7, 11) is 0. The number of halogens is 2. The topological polar surface area (TPSA) is 53.1 Å². The fourth-order valence-electron chi connectivity index (χ4n) is 1.96. The zero-order valence-electron chi connectivity index (χ0n) is 11.5. The Hall–Kier alpha value is -1.04. The van der Waals surface area contributed by atoms with Gasteiger partial charge < -0.3 is 10.5 Å². The molecule has 1 heterocycles. The minimum Gasteiger partial charge on any atom is -0.487 e. The van der Waals surface area contributed by atoms with Gasteiger partial charge in [-0.05, 0) is 37.6 Å². The molecule has 0 spiro atoms. The summed E-state index contributed by atoms with van der Waals surface area (Å²) in [6.07, 6.45) is 0. The average Bonchev–Trinajstić information content (AvgIpc) is 2.73. The molecule has 0 aliphatic rings. The van der Waals surface area contributed by atoms with Crippen LogP contribution in [0.25, 0.3) is 0 Å². The Kier molecular flexibility index (Phi) is 5.07. The van der Waals surface area contributed by atoms with Crippen molar-refractivity contribution in [2.45, 2.75) is 33.5 Å². The number of ether oxygens (including phenoxy) is 1. The number of hydrogen-bond acceptors (Lipinski definition) is 3. The summed E-state index contributed by atoms with van der Waals surface area (Å²) in [5, 5.41) is 5.04. The van der Waals surface area contributed by atoms with Crippen molar-refractivity contribution in [2.24, 2.45) is 5.73 Å². The van der Waals surface area contributed by atoms with E-state index in [4.69, 9.17) is 22.1 Å². The van der Waals surface area contributed by atoms with Gasteiger partial charge in [-0.15, -0.1) is 0 Å². The van der Waals surface area contributed by atoms with Crippen LogP contribution in [0.3, 0.4) is 0 Å². The molecule has 0 saturated carbocycles. The van der Waals surface area contributed by atoms with Crippen molar-refractivity contribution >= 4 is 27.5 Å². The maximum Gasteiger partial charge on any atom is 0.131 e. The zero-order chi connectivity index (χ0) is 14.7. The summed E-state index contributed by atoms with van der Waals surface area (Å²) in [4.78, 5) is 0. The quantitative estimate of drug-likeness (QED) is 0.887. The Balaban J connectivity index is 2.16. The summed E-state index contributed by atoms with van der Waals surface area (Å²) in [6, 6.07) is 5.76. The fourth-order valence-corrected chi connectivity index (χ4v) is 2.55. The van der Waals surface area contributed by atoms with Crippen LogP contribution in [0.1, 0.15) is 23.9 Å². The fraction of sp³-hybridized carbons (Fsp3) is 0.357. The lowest BCUT2D eigenvalue weighted by Gasteiger charge is -2.10. The molecule has 1 aromatic heterocycles. The summed E-state index contributed by atoms with van der Waals surface area (Å²) < 4.78 is 8.65. The molecule has 1 aromatic carbocycles. The van der Waals surface area contributed by atoms with Gasteiger partial charge in [0.25, 0.3) is 0 Å². The molecule has 20 heavy (non-hydrogen) atoms. The van der Waals surface area contributed by atoms with Crippen LogP contribution in [0, 0.1) is 6.92 Å². The van der Waals surface area contributed by atoms with Crippen LogP contribution in [0.15, 0.2) is 22.7 Å². The molecule has 0 saturated heterocycles. The standard InChI is InChI=1S/C14H17BrClN3O/c1-3-19-13(14(16)9(2)18-19)8-20-11-4-5-12(15)10(6-11)7-17/h4-6H,3,7-8,17H2,1-2H3. The molecule has 0 aliphatic carbocycles. The lowest BCUT2D eigenvalue weighted by atomic mass is 10.2. The SMILES string of the molecule is CCn1nc(C)c(Cl)c1COc1ccc(Br)c(CN)c1. The van der Waals surface area contributed by atoms with E-state index >= 15 is 0 Å². The second-order valence-electron chi connectivity index (χ2n) is 4.41. The van der Waals surface area contributed by atoms with E-state index in [1.54, 1.807) is 0 Å². The van der Waals surface area contributed by atoms with Crippen molar-refractivity contribution in [2.75, 3.05) is 0 Å². The van der Waals surface area contributed by atoms with Crippen LogP contribution in [0.4, 0.5) is 0 Å². The number of aromatic nitrogens is 2. The smallest absolute Gasteiger partial charge is 0.131 e. The van der Waals surface area contributed by atoms with Crippen LogP contribution in [0.2, 0.25) is 5.02 Å². The minimum absolute atomic E-state index is 0.388. The van der Waals surface area contributed by atoms with Crippen molar-refractivity contribution < 1.29 is 4.74 Å². The number of aryl methyl sites for hydroxylation is 2. The molecule has 0 fully saturated rings. The van der Waals surface area contributed by atoms with Crippen molar-refractivity contribution in [1.82, 2.24) is 9.78 Å². The first-order valence-corrected chi connectivity index (χ1v) is 7.57. The monoisotopic (exact) mass is 357 g/mol. The molecule has 4 nitrogen and oxygen atoms in total. The van der Waals surface area contributed by atoms with E-state index in [0.29, 0.717) is 18.2 Å². The van der Waals surface area contributed by atoms with Crippen LogP contribution in [-0.4, -0.2) is 9.78 Å². The predicted molar refractivity (Wildman–Crippen MR) is 84.0 cm³/mol. The highest BCUT2D eigenvalue weighted by Crippen LogP contribution is 2.25. The second-order valence-corrected chi connectivity index (χ2v) is 5.64. The molecule has 2 N–H and O–H groups in total. The van der Waals surface area contributed by atoms with Gasteiger partial charge in [-0.3, -0.25) is 4.68 Å². The van der Waals surface area contributed by atoms with Crippen molar-refractivity contribution in [1.29, 1.82) is 0 Å². The van der Waals surface area contributed by atoms with Gasteiger partial charge in [-0.2, -0.15) is 5.10 Å². The maximum atomic E-state index is 6.25. The Morgan fingerprint density at radius 3 is 2.85 bits per heavy atom. The van der Waals surface area contributed by atoms with Crippen molar-refractivity contribution in [3.63, 3.8) is 0 Å². The van der Waals surface area contributed by atoms with E-state index in [1.165, 1.54) is 0 Å². The summed E-state index contributed by atoms with van der Waals surface area (Å²) >= 11 is 9.71. The highest BCUT2D eigenvalue weighted by Gasteiger charge is 2.13. The highest BCUT2D eigenvalue weighted by molar-refractivity contribution is 9.10. The van der Waals surface area contributed by atoms with E-state index in [0.717, 1.165) is 33.7 Å². The van der Waals surface area contributed by atoms with E-state index in [-0.39, 0.29) is 0 Å². The van der Waals surface area contributed by atoms with Crippen molar-refractivity contribution in [3.05, 3.63) is 44.6 Å². The van der Waals surface area contributed by atoms with Gasteiger partial charge in [0.2, 0.25) is 0 Å². The summed E-state index contributed by atoms with van der Waals surface area (Å²) in [5.41, 5.74) is 8.40. The Bertz CT molecular complexity index is 613. The minimum atomic E-state index is 0.388. The summed E-state index contributed by atoms with van der Waals surface area (Å²) in [6.45, 7) is 5.53. The Morgan fingerprint density at radius 1 is 1.45 bits per heavy atom. The molecule has 2 rings (SSSR count). The molecule has 6 heteroatoms. The number of nitrogens with zero attached hydrogens (tertiary/aromatic N) is 2. The molecule has 0 aliphatic heterocycles. The molecule has 2 aromatic rings. The Labute approximate surface area is 132 Å². The van der Waals surface area contributed by atoms with Crippen molar-refractivity contribution in [3.8, 4) is 5.75 Å². The first-order valence-electron chi connectivity index (χ1n) is 6.39. The zero-order valence-corrected chi connectivity index (χ0v) is 13.8. The van der Waals surface area contributed by atoms with Crippen LogP contribution >= 0.6 is 27.5 Å². The molecular formula is C14H17BrClN3O. The molecular weight excluding hydrogens is 342 g/mol. The Morgan fingerprint density at radius 2 is 2.20 bits per heavy atom. The first-order chi connectivity index (χ1) is 9.56. The highest BCUT2D eigenvalue weighted by atomic mass is 79.9. The van der Waals surface area contributed by atoms with Crippen LogP contribution in [0.5, 0.6) is 5.75 Å². The van der Waals surface area contributed by atoms with Gasteiger partial charge in [0, 0.05) is 17.6 Å². The van der Waals surface area contributed by atoms with Gasteiger partial charge in [-0.25, -0.2) is 0 Å². The third kappa shape index (κ3) is 3.16. The molecule has 0 radical (unpaired) electrons. The predicted octanol–water partition coefficient (Wildman–Crippen LogP) is 3.67. The van der Waals surface area contributed by atoms with Crippen LogP contribution in [-0.2, 0) is 19.7 Å². The number of nitrogens with two attached hydrogens (primary N) is 1. The third-order valence-corrected chi connectivity index (χ3v) is 4.33. The lowest BCUT2D eigenvalue weighted by molar-refractivity contribution is 0.292. The molecule has 0 atom stereocenters.